The van der Waals surface area contributed by atoms with Gasteiger partial charge in [-0.1, -0.05) is 5.16 Å². The van der Waals surface area contributed by atoms with E-state index in [0.717, 1.165) is 16.2 Å². The second kappa shape index (κ2) is 12.0. The molecule has 2 aliphatic heterocycles. The number of thioether (sulfide) groups is 1. The van der Waals surface area contributed by atoms with Gasteiger partial charge < -0.3 is 35.2 Å². The number of β-lactam (4-membered cyclic amide) rings is 1. The third kappa shape index (κ3) is 6.06. The lowest BCUT2D eigenvalue weighted by Crippen LogP contribution is -2.71. The second-order valence-electron chi connectivity index (χ2n) is 7.94. The maximum absolute atomic E-state index is 12.9. The lowest BCUT2D eigenvalue weighted by atomic mass is 10.0. The fourth-order valence-electron chi connectivity index (χ4n) is 3.72. The van der Waals surface area contributed by atoms with Gasteiger partial charge in [0.15, 0.2) is 17.5 Å². The van der Waals surface area contributed by atoms with Crippen LogP contribution >= 0.6 is 23.1 Å². The molecule has 0 bridgehead atoms. The number of nitrogen functional groups attached to an aromatic ring is 1. The summed E-state index contributed by atoms with van der Waals surface area (Å²) in [6, 6.07) is 5.56. The first-order chi connectivity index (χ1) is 18.7. The molecule has 1 fully saturated rings. The Bertz CT molecular complexity index is 1340. The molecule has 2 amide bonds. The summed E-state index contributed by atoms with van der Waals surface area (Å²) in [6.07, 6.45) is 0. The predicted octanol–water partition coefficient (Wildman–Crippen LogP) is 0.445. The third-order valence-corrected chi connectivity index (χ3v) is 7.54. The number of methoxy groups -OCH3 is 1. The van der Waals surface area contributed by atoms with Crippen molar-refractivity contribution in [2.24, 2.45) is 5.16 Å². The normalized spacial score (nSPS) is 18.6. The van der Waals surface area contributed by atoms with Gasteiger partial charge in [0.1, 0.15) is 48.0 Å². The van der Waals surface area contributed by atoms with Crippen molar-refractivity contribution in [1.82, 2.24) is 15.2 Å². The van der Waals surface area contributed by atoms with Gasteiger partial charge in [0.05, 0.1) is 7.11 Å². The van der Waals surface area contributed by atoms with E-state index in [9.17, 15) is 24.3 Å². The lowest BCUT2D eigenvalue weighted by Gasteiger charge is -2.49. The van der Waals surface area contributed by atoms with Crippen molar-refractivity contribution in [3.8, 4) is 11.5 Å². The van der Waals surface area contributed by atoms with E-state index in [4.69, 9.17) is 24.8 Å². The molecule has 0 saturated carbocycles. The zero-order chi connectivity index (χ0) is 28.1. The Morgan fingerprint density at radius 3 is 2.56 bits per heavy atom. The van der Waals surface area contributed by atoms with Crippen molar-refractivity contribution in [2.75, 3.05) is 38.9 Å². The van der Waals surface area contributed by atoms with Gasteiger partial charge in [0.2, 0.25) is 0 Å². The minimum absolute atomic E-state index is 0.150. The number of aromatic nitrogens is 1. The second-order valence-corrected chi connectivity index (χ2v) is 9.93. The number of hydrogen-bond donors (Lipinski definition) is 3. The Morgan fingerprint density at radius 2 is 1.95 bits per heavy atom. The smallest absolute Gasteiger partial charge is 0.352 e. The van der Waals surface area contributed by atoms with E-state index in [1.807, 2.05) is 0 Å². The number of nitrogens with two attached hydrogens (primary N) is 1. The zero-order valence-electron chi connectivity index (χ0n) is 20.6. The molecule has 2 aromatic rings. The number of thiazole rings is 1. The molecule has 0 spiro atoms. The van der Waals surface area contributed by atoms with Crippen LogP contribution in [0.4, 0.5) is 5.13 Å². The molecule has 206 valence electrons. The molecule has 1 saturated heterocycles. The van der Waals surface area contributed by atoms with Crippen molar-refractivity contribution in [2.45, 2.75) is 11.4 Å². The molecule has 4 rings (SSSR count). The number of oxime groups is 1. The van der Waals surface area contributed by atoms with Crippen molar-refractivity contribution in [1.29, 1.82) is 0 Å². The van der Waals surface area contributed by atoms with Crippen LogP contribution in [0.5, 0.6) is 11.5 Å². The number of benzene rings is 1. The lowest BCUT2D eigenvalue weighted by molar-refractivity contribution is -0.150. The minimum Gasteiger partial charge on any atom is -0.497 e. The molecule has 16 heteroatoms. The molecule has 2 atom stereocenters. The van der Waals surface area contributed by atoms with E-state index in [1.165, 1.54) is 31.4 Å². The van der Waals surface area contributed by atoms with Crippen molar-refractivity contribution >= 4 is 57.7 Å². The monoisotopic (exact) mass is 577 g/mol. The molecule has 39 heavy (non-hydrogen) atoms. The number of anilines is 1. The largest absolute Gasteiger partial charge is 0.497 e. The average Bonchev–Trinajstić information content (AvgIpc) is 3.37. The highest BCUT2D eigenvalue weighted by atomic mass is 32.2. The minimum atomic E-state index is -1.36. The van der Waals surface area contributed by atoms with Crippen molar-refractivity contribution < 1.29 is 43.3 Å². The number of amides is 2. The molecule has 1 aromatic heterocycles. The van der Waals surface area contributed by atoms with Gasteiger partial charge in [-0.25, -0.2) is 14.6 Å². The zero-order valence-corrected chi connectivity index (χ0v) is 22.2. The number of rotatable bonds is 11. The molecule has 1 unspecified atom stereocenters. The average molecular weight is 578 g/mol. The number of nitrogens with one attached hydrogen (secondary N) is 1. The van der Waals surface area contributed by atoms with Gasteiger partial charge >= 0.3 is 11.9 Å². The first kappa shape index (κ1) is 27.7. The summed E-state index contributed by atoms with van der Waals surface area (Å²) in [5.74, 6) is -2.26. The van der Waals surface area contributed by atoms with Crippen LogP contribution in [-0.4, -0.2) is 89.1 Å². The number of carbonyl (C=O) groups excluding carboxylic acids is 3. The first-order valence-corrected chi connectivity index (χ1v) is 13.1. The van der Waals surface area contributed by atoms with Crippen LogP contribution in [0.1, 0.15) is 5.69 Å². The number of fused-ring (bicyclic) bond motifs is 1. The fourth-order valence-corrected chi connectivity index (χ4v) is 5.59. The highest BCUT2D eigenvalue weighted by Crippen LogP contribution is 2.40. The van der Waals surface area contributed by atoms with Crippen LogP contribution in [-0.2, 0) is 28.8 Å². The Kier molecular flexibility index (Phi) is 8.55. The third-order valence-electron chi connectivity index (χ3n) is 5.52. The van der Waals surface area contributed by atoms with Crippen LogP contribution in [0, 0.1) is 0 Å². The Hall–Kier alpha value is -4.31. The number of ether oxygens (including phenoxy) is 3. The maximum atomic E-state index is 12.9. The number of esters is 1. The maximum Gasteiger partial charge on any atom is 0.352 e. The topological polar surface area (TPSA) is 192 Å². The summed E-state index contributed by atoms with van der Waals surface area (Å²) >= 11 is 2.31. The highest BCUT2D eigenvalue weighted by molar-refractivity contribution is 8.00. The number of carboxylic acids is 1. The summed E-state index contributed by atoms with van der Waals surface area (Å²) in [6.45, 7) is -0.743. The van der Waals surface area contributed by atoms with Crippen LogP contribution < -0.4 is 20.5 Å². The molecule has 2 aliphatic rings. The molecular weight excluding hydrogens is 554 g/mol. The van der Waals surface area contributed by atoms with E-state index in [-0.39, 0.29) is 40.2 Å². The Labute approximate surface area is 229 Å². The van der Waals surface area contributed by atoms with Crippen molar-refractivity contribution in [3.05, 3.63) is 46.6 Å². The quantitative estimate of drug-likeness (QED) is 0.145. The van der Waals surface area contributed by atoms with Gasteiger partial charge in [0.25, 0.3) is 11.8 Å². The van der Waals surface area contributed by atoms with E-state index in [0.29, 0.717) is 11.5 Å². The molecule has 0 radical (unpaired) electrons. The van der Waals surface area contributed by atoms with Gasteiger partial charge in [-0.2, -0.15) is 0 Å². The highest BCUT2D eigenvalue weighted by Gasteiger charge is 2.54. The molecular formula is C23H23N5O9S2. The number of carboxylic acid groups (broad SMARTS) is 1. The van der Waals surface area contributed by atoms with E-state index in [1.54, 1.807) is 24.3 Å². The molecule has 3 heterocycles. The molecule has 1 aromatic carbocycles. The van der Waals surface area contributed by atoms with Crippen LogP contribution in [0.2, 0.25) is 0 Å². The summed E-state index contributed by atoms with van der Waals surface area (Å²) in [5.41, 5.74) is 5.55. The number of aliphatic carboxylic acids is 1. The number of nitrogens with zero attached hydrogens (tertiary/aromatic N) is 3. The number of carbonyl (C=O) groups is 4. The molecule has 0 aliphatic carbocycles. The fraction of sp³-hybridized carbons (Fsp3) is 0.304. The molecule has 14 nitrogen and oxygen atoms in total. The molecule has 4 N–H and O–H groups in total. The SMILES string of the molecule is CO/N=C(/C(=O)NC1C(=O)N2C(C(=O)O)=C(COC(=O)COc3ccc(OC)cc3)CS[C@H]12)c1csc(N)n1. The van der Waals surface area contributed by atoms with Crippen molar-refractivity contribution in [3.63, 3.8) is 0 Å². The van der Waals surface area contributed by atoms with E-state index in [2.05, 4.69) is 15.5 Å². The van der Waals surface area contributed by atoms with Crippen LogP contribution in [0.3, 0.4) is 0 Å². The van der Waals surface area contributed by atoms with Gasteiger partial charge in [-0.3, -0.25) is 14.5 Å². The summed E-state index contributed by atoms with van der Waals surface area (Å²) in [7, 11) is 2.78. The standard InChI is InChI=1S/C23H23N5O9S2/c1-34-12-3-5-13(6-4-12)36-8-15(29)37-7-11-9-38-21-17(20(31)28(21)18(11)22(32)33)26-19(30)16(27-35-2)14-10-39-23(24)25-14/h3-6,10,17,21H,7-9H2,1-2H3,(H2,24,25)(H,26,30)(H,32,33)/b27-16+/t17?,21-/m1/s1. The predicted molar refractivity (Wildman–Crippen MR) is 139 cm³/mol. The first-order valence-electron chi connectivity index (χ1n) is 11.2. The summed E-state index contributed by atoms with van der Waals surface area (Å²) in [5, 5.41) is 17.1. The number of hydrogen-bond acceptors (Lipinski definition) is 13. The Morgan fingerprint density at radius 1 is 1.23 bits per heavy atom. The summed E-state index contributed by atoms with van der Waals surface area (Å²) < 4.78 is 15.6. The van der Waals surface area contributed by atoms with Gasteiger partial charge in [-0.15, -0.1) is 23.1 Å². The van der Waals surface area contributed by atoms with Gasteiger partial charge in [0, 0.05) is 16.7 Å². The van der Waals surface area contributed by atoms with Crippen LogP contribution in [0.15, 0.2) is 46.1 Å². The van der Waals surface area contributed by atoms with E-state index < -0.39 is 41.8 Å². The Balaban J connectivity index is 1.37. The van der Waals surface area contributed by atoms with Crippen LogP contribution in [0.25, 0.3) is 0 Å². The van der Waals surface area contributed by atoms with Gasteiger partial charge in [-0.05, 0) is 24.3 Å². The van der Waals surface area contributed by atoms with E-state index >= 15 is 0 Å². The summed E-state index contributed by atoms with van der Waals surface area (Å²) in [4.78, 5) is 59.8.